The maximum absolute atomic E-state index is 10.7. The summed E-state index contributed by atoms with van der Waals surface area (Å²) in [5, 5.41) is 36.2. The van der Waals surface area contributed by atoms with Gasteiger partial charge in [0.2, 0.25) is 0 Å². The molecule has 0 bridgehead atoms. The van der Waals surface area contributed by atoms with Gasteiger partial charge in [-0.1, -0.05) is 0 Å². The van der Waals surface area contributed by atoms with E-state index in [9.17, 15) is 15.0 Å². The molecule has 0 aliphatic carbocycles. The quantitative estimate of drug-likeness (QED) is 0.550. The van der Waals surface area contributed by atoms with Gasteiger partial charge in [-0.2, -0.15) is 0 Å². The molecule has 0 aliphatic heterocycles. The fraction of sp³-hybridized carbons (Fsp3) is 0.333. The molecule has 16 heavy (non-hydrogen) atoms. The van der Waals surface area contributed by atoms with E-state index < -0.39 is 30.1 Å². The van der Waals surface area contributed by atoms with E-state index in [-0.39, 0.29) is 11.4 Å². The van der Waals surface area contributed by atoms with Crippen LogP contribution in [0.1, 0.15) is 22.3 Å². The molecular weight excluding hydrogens is 218 g/mol. The average molecular weight is 229 g/mol. The highest BCUT2D eigenvalue weighted by molar-refractivity contribution is 5.89. The number of hydrogen-bond donors (Lipinski definition) is 4. The topological polar surface area (TPSA) is 120 Å². The molecule has 0 aromatic carbocycles. The second-order valence-corrected chi connectivity index (χ2v) is 2.95. The molecule has 1 aromatic heterocycles. The van der Waals surface area contributed by atoms with Gasteiger partial charge in [-0.15, -0.1) is 0 Å². The molecule has 0 saturated heterocycles. The Balaban J connectivity index is 3.34. The molecule has 1 unspecified atom stereocenters. The monoisotopic (exact) mass is 229 g/mol. The lowest BCUT2D eigenvalue weighted by atomic mass is 10.2. The maximum Gasteiger partial charge on any atom is 0.358 e. The number of hydrogen-bond acceptors (Lipinski definition) is 6. The number of aliphatic hydroxyl groups excluding tert-OH is 2. The Labute approximate surface area is 90.6 Å². The highest BCUT2D eigenvalue weighted by Crippen LogP contribution is 2.31. The number of methoxy groups -OCH3 is 1. The van der Waals surface area contributed by atoms with Gasteiger partial charge in [0.05, 0.1) is 19.4 Å². The maximum atomic E-state index is 10.7. The molecule has 0 fully saturated rings. The third-order valence-corrected chi connectivity index (χ3v) is 1.91. The highest BCUT2D eigenvalue weighted by Gasteiger charge is 2.20. The van der Waals surface area contributed by atoms with Crippen LogP contribution < -0.4 is 4.74 Å². The van der Waals surface area contributed by atoms with Crippen LogP contribution in [-0.2, 0) is 0 Å². The summed E-state index contributed by atoms with van der Waals surface area (Å²) >= 11 is 0. The number of carbonyl (C=O) groups is 1. The summed E-state index contributed by atoms with van der Waals surface area (Å²) in [6, 6.07) is 1.16. The minimum Gasteiger partial charge on any atom is -0.503 e. The van der Waals surface area contributed by atoms with Crippen LogP contribution in [0.3, 0.4) is 0 Å². The SMILES string of the molecule is COc1cc(C(O)CO)nc(C(=O)O)c1O. The fourth-order valence-corrected chi connectivity index (χ4v) is 1.10. The van der Waals surface area contributed by atoms with Crippen molar-refractivity contribution in [3.8, 4) is 11.5 Å². The lowest BCUT2D eigenvalue weighted by Gasteiger charge is -2.11. The van der Waals surface area contributed by atoms with Crippen LogP contribution in [0, 0.1) is 0 Å². The minimum atomic E-state index is -1.46. The first-order valence-corrected chi connectivity index (χ1v) is 4.31. The number of ether oxygens (including phenoxy) is 1. The van der Waals surface area contributed by atoms with Crippen molar-refractivity contribution >= 4 is 5.97 Å². The first-order chi connectivity index (χ1) is 7.51. The number of nitrogens with zero attached hydrogens (tertiary/aromatic N) is 1. The van der Waals surface area contributed by atoms with Gasteiger partial charge in [-0.05, 0) is 0 Å². The highest BCUT2D eigenvalue weighted by atomic mass is 16.5. The van der Waals surface area contributed by atoms with Crippen molar-refractivity contribution in [1.82, 2.24) is 4.98 Å². The summed E-state index contributed by atoms with van der Waals surface area (Å²) in [5.41, 5.74) is -0.726. The molecule has 0 saturated carbocycles. The molecule has 1 heterocycles. The third kappa shape index (κ3) is 2.20. The first kappa shape index (κ1) is 12.2. The number of aliphatic hydroxyl groups is 2. The molecule has 1 rings (SSSR count). The van der Waals surface area contributed by atoms with E-state index in [1.54, 1.807) is 0 Å². The van der Waals surface area contributed by atoms with Crippen molar-refractivity contribution in [3.63, 3.8) is 0 Å². The third-order valence-electron chi connectivity index (χ3n) is 1.91. The van der Waals surface area contributed by atoms with Crippen molar-refractivity contribution in [1.29, 1.82) is 0 Å². The van der Waals surface area contributed by atoms with E-state index in [2.05, 4.69) is 4.98 Å². The van der Waals surface area contributed by atoms with E-state index in [1.165, 1.54) is 7.11 Å². The normalized spacial score (nSPS) is 12.2. The van der Waals surface area contributed by atoms with Gasteiger partial charge in [0.1, 0.15) is 6.10 Å². The van der Waals surface area contributed by atoms with Crippen molar-refractivity contribution in [2.75, 3.05) is 13.7 Å². The van der Waals surface area contributed by atoms with Gasteiger partial charge in [0.15, 0.2) is 17.2 Å². The van der Waals surface area contributed by atoms with E-state index in [0.29, 0.717) is 0 Å². The Morgan fingerprint density at radius 3 is 2.69 bits per heavy atom. The Bertz CT molecular complexity index is 405. The van der Waals surface area contributed by atoms with Gasteiger partial charge in [-0.25, -0.2) is 9.78 Å². The molecular formula is C9H11NO6. The van der Waals surface area contributed by atoms with Crippen molar-refractivity contribution in [3.05, 3.63) is 17.5 Å². The largest absolute Gasteiger partial charge is 0.503 e. The Hall–Kier alpha value is -1.86. The molecule has 0 radical (unpaired) electrons. The summed E-state index contributed by atoms with van der Waals surface area (Å²) in [6.07, 6.45) is -1.33. The number of aromatic nitrogens is 1. The molecule has 1 atom stereocenters. The molecule has 7 nitrogen and oxygen atoms in total. The zero-order chi connectivity index (χ0) is 12.3. The summed E-state index contributed by atoms with van der Waals surface area (Å²) in [6.45, 7) is -0.611. The summed E-state index contributed by atoms with van der Waals surface area (Å²) in [4.78, 5) is 14.2. The summed E-state index contributed by atoms with van der Waals surface area (Å²) < 4.78 is 4.73. The van der Waals surface area contributed by atoms with Gasteiger partial charge < -0.3 is 25.2 Å². The minimum absolute atomic E-state index is 0.0884. The van der Waals surface area contributed by atoms with Gasteiger partial charge in [-0.3, -0.25) is 0 Å². The van der Waals surface area contributed by atoms with E-state index in [1.807, 2.05) is 0 Å². The van der Waals surface area contributed by atoms with Crippen LogP contribution in [0.5, 0.6) is 11.5 Å². The molecule has 1 aromatic rings. The molecule has 4 N–H and O–H groups in total. The number of aromatic hydroxyl groups is 1. The molecule has 88 valence electrons. The fourth-order valence-electron chi connectivity index (χ4n) is 1.10. The number of carboxylic acid groups (broad SMARTS) is 1. The summed E-state index contributed by atoms with van der Waals surface area (Å²) in [7, 11) is 1.23. The van der Waals surface area contributed by atoms with Crippen LogP contribution in [0.15, 0.2) is 6.07 Å². The Kier molecular flexibility index (Phi) is 3.64. The molecule has 7 heteroatoms. The Morgan fingerprint density at radius 2 is 2.25 bits per heavy atom. The first-order valence-electron chi connectivity index (χ1n) is 4.31. The van der Waals surface area contributed by atoms with Gasteiger partial charge in [0.25, 0.3) is 0 Å². The van der Waals surface area contributed by atoms with E-state index >= 15 is 0 Å². The predicted octanol–water partition coefficient (Wildman–Crippen LogP) is -0.480. The number of pyridine rings is 1. The smallest absolute Gasteiger partial charge is 0.358 e. The molecule has 0 amide bonds. The van der Waals surface area contributed by atoms with E-state index in [4.69, 9.17) is 14.9 Å². The second kappa shape index (κ2) is 4.77. The zero-order valence-corrected chi connectivity index (χ0v) is 8.41. The van der Waals surface area contributed by atoms with Gasteiger partial charge >= 0.3 is 5.97 Å². The second-order valence-electron chi connectivity index (χ2n) is 2.95. The zero-order valence-electron chi connectivity index (χ0n) is 8.41. The van der Waals surface area contributed by atoms with Crippen molar-refractivity contribution in [2.45, 2.75) is 6.10 Å². The Morgan fingerprint density at radius 1 is 1.62 bits per heavy atom. The van der Waals surface area contributed by atoms with Crippen LogP contribution in [0.2, 0.25) is 0 Å². The van der Waals surface area contributed by atoms with Crippen LogP contribution in [0.4, 0.5) is 0 Å². The average Bonchev–Trinajstić information content (AvgIpc) is 2.27. The van der Waals surface area contributed by atoms with Gasteiger partial charge in [0, 0.05) is 6.07 Å². The number of aromatic carboxylic acids is 1. The van der Waals surface area contributed by atoms with E-state index in [0.717, 1.165) is 6.07 Å². The number of rotatable bonds is 4. The molecule has 0 aliphatic rings. The lowest BCUT2D eigenvalue weighted by Crippen LogP contribution is -2.10. The predicted molar refractivity (Wildman–Crippen MR) is 51.5 cm³/mol. The number of carboxylic acids is 1. The lowest BCUT2D eigenvalue weighted by molar-refractivity contribution is 0.0680. The van der Waals surface area contributed by atoms with Crippen LogP contribution >= 0.6 is 0 Å². The van der Waals surface area contributed by atoms with Crippen molar-refractivity contribution in [2.24, 2.45) is 0 Å². The van der Waals surface area contributed by atoms with Crippen molar-refractivity contribution < 1.29 is 30.0 Å². The molecule has 0 spiro atoms. The van der Waals surface area contributed by atoms with Crippen LogP contribution in [0.25, 0.3) is 0 Å². The standard InChI is InChI=1S/C9H11NO6/c1-16-6-2-4(5(12)3-11)10-7(8(6)13)9(14)15/h2,5,11-13H,3H2,1H3,(H,14,15). The summed E-state index contributed by atoms with van der Waals surface area (Å²) in [5.74, 6) is -2.21. The van der Waals surface area contributed by atoms with Crippen LogP contribution in [-0.4, -0.2) is 45.1 Å².